The van der Waals surface area contributed by atoms with Gasteiger partial charge in [0.05, 0.1) is 10.6 Å². The fourth-order valence-corrected chi connectivity index (χ4v) is 3.32. The molecule has 1 atom stereocenters. The van der Waals surface area contributed by atoms with E-state index in [0.717, 1.165) is 6.26 Å². The van der Waals surface area contributed by atoms with Gasteiger partial charge in [-0.05, 0) is 38.0 Å². The molecular weight excluding hydrogens is 281 g/mol. The fourth-order valence-electron chi connectivity index (χ4n) is 2.44. The summed E-state index contributed by atoms with van der Waals surface area (Å²) in [5, 5.41) is 0. The molecule has 0 spiro atoms. The lowest BCUT2D eigenvalue weighted by Gasteiger charge is -2.32. The molecule has 1 fully saturated rings. The predicted octanol–water partition coefficient (Wildman–Crippen LogP) is 2.23. The van der Waals surface area contributed by atoms with Crippen LogP contribution in [0, 0.1) is 0 Å². The molecule has 20 heavy (non-hydrogen) atoms. The van der Waals surface area contributed by atoms with Crippen molar-refractivity contribution in [3.8, 4) is 0 Å². The number of alkyl halides is 1. The summed E-state index contributed by atoms with van der Waals surface area (Å²) in [7, 11) is -3.42. The maximum absolute atomic E-state index is 13.5. The zero-order valence-corrected chi connectivity index (χ0v) is 12.4. The summed E-state index contributed by atoms with van der Waals surface area (Å²) in [5.41, 5.74) is 0.871. The number of carbonyl (C=O) groups is 1. The highest BCUT2D eigenvalue weighted by atomic mass is 32.2. The Labute approximate surface area is 118 Å². The average Bonchev–Trinajstić information content (AvgIpc) is 2.37. The quantitative estimate of drug-likeness (QED) is 0.803. The molecule has 1 aliphatic rings. The van der Waals surface area contributed by atoms with Crippen molar-refractivity contribution in [2.45, 2.75) is 30.8 Å². The van der Waals surface area contributed by atoms with Crippen molar-refractivity contribution in [2.24, 2.45) is 0 Å². The lowest BCUT2D eigenvalue weighted by atomic mass is 10.1. The van der Waals surface area contributed by atoms with E-state index in [1.165, 1.54) is 19.1 Å². The minimum Gasteiger partial charge on any atom is -0.368 e. The summed E-state index contributed by atoms with van der Waals surface area (Å²) < 4.78 is 37.3. The number of carbonyl (C=O) groups excluding carboxylic acids is 1. The third kappa shape index (κ3) is 3.17. The molecule has 0 aliphatic carbocycles. The Morgan fingerprint density at radius 2 is 2.10 bits per heavy atom. The Kier molecular flexibility index (Phi) is 4.13. The Morgan fingerprint density at radius 3 is 2.65 bits per heavy atom. The Balaban J connectivity index is 2.51. The number of Topliss-reactive ketones (excluding diaryl/α,β-unsaturated/α-hetero) is 1. The summed E-state index contributed by atoms with van der Waals surface area (Å²) in [6.45, 7) is 2.20. The SMILES string of the molecule is CC(=O)c1ccc(S(C)(=O)=O)c(N2CCCC(F)C2)c1. The van der Waals surface area contributed by atoms with Gasteiger partial charge < -0.3 is 4.90 Å². The molecule has 1 aromatic carbocycles. The minimum absolute atomic E-state index is 0.139. The van der Waals surface area contributed by atoms with Gasteiger partial charge in [-0.2, -0.15) is 0 Å². The largest absolute Gasteiger partial charge is 0.368 e. The lowest BCUT2D eigenvalue weighted by molar-refractivity contribution is 0.101. The first-order chi connectivity index (χ1) is 9.29. The van der Waals surface area contributed by atoms with Crippen molar-refractivity contribution in [3.63, 3.8) is 0 Å². The highest BCUT2D eigenvalue weighted by molar-refractivity contribution is 7.90. The van der Waals surface area contributed by atoms with E-state index >= 15 is 0 Å². The van der Waals surface area contributed by atoms with E-state index in [4.69, 9.17) is 0 Å². The second-order valence-corrected chi connectivity index (χ2v) is 7.18. The van der Waals surface area contributed by atoms with E-state index in [9.17, 15) is 17.6 Å². The maximum atomic E-state index is 13.5. The molecule has 1 aliphatic heterocycles. The van der Waals surface area contributed by atoms with Crippen molar-refractivity contribution < 1.29 is 17.6 Å². The highest BCUT2D eigenvalue weighted by Crippen LogP contribution is 2.30. The van der Waals surface area contributed by atoms with Gasteiger partial charge in [0.1, 0.15) is 6.17 Å². The average molecular weight is 299 g/mol. The van der Waals surface area contributed by atoms with Crippen LogP contribution < -0.4 is 4.90 Å². The summed E-state index contributed by atoms with van der Waals surface area (Å²) in [5.74, 6) is -0.139. The third-order valence-corrected chi connectivity index (χ3v) is 4.61. The van der Waals surface area contributed by atoms with Crippen LogP contribution in [0.1, 0.15) is 30.1 Å². The van der Waals surface area contributed by atoms with Gasteiger partial charge in [0.25, 0.3) is 0 Å². The normalized spacial score (nSPS) is 19.9. The molecule has 0 saturated carbocycles. The second kappa shape index (κ2) is 5.52. The maximum Gasteiger partial charge on any atom is 0.177 e. The zero-order valence-electron chi connectivity index (χ0n) is 11.6. The summed E-state index contributed by atoms with van der Waals surface area (Å²) in [4.78, 5) is 13.3. The number of ketones is 1. The zero-order chi connectivity index (χ0) is 14.9. The van der Waals surface area contributed by atoms with Gasteiger partial charge in [-0.1, -0.05) is 0 Å². The van der Waals surface area contributed by atoms with Crippen molar-refractivity contribution in [1.29, 1.82) is 0 Å². The number of sulfone groups is 1. The third-order valence-electron chi connectivity index (χ3n) is 3.47. The Hall–Kier alpha value is -1.43. The minimum atomic E-state index is -3.42. The number of nitrogens with zero attached hydrogens (tertiary/aromatic N) is 1. The van der Waals surface area contributed by atoms with E-state index in [1.54, 1.807) is 11.0 Å². The van der Waals surface area contributed by atoms with Crippen LogP contribution in [0.25, 0.3) is 0 Å². The molecule has 0 aromatic heterocycles. The topological polar surface area (TPSA) is 54.5 Å². The molecular formula is C14H18FNO3S. The number of anilines is 1. The van der Waals surface area contributed by atoms with Crippen LogP contribution in [0.4, 0.5) is 10.1 Å². The lowest BCUT2D eigenvalue weighted by Crippen LogP contribution is -2.37. The monoisotopic (exact) mass is 299 g/mol. The predicted molar refractivity (Wildman–Crippen MR) is 75.9 cm³/mol. The molecule has 1 aromatic rings. The number of rotatable bonds is 3. The van der Waals surface area contributed by atoms with Crippen molar-refractivity contribution in [1.82, 2.24) is 0 Å². The first-order valence-corrected chi connectivity index (χ1v) is 8.42. The molecule has 4 nitrogen and oxygen atoms in total. The number of halogens is 1. The van der Waals surface area contributed by atoms with Gasteiger partial charge in [0.2, 0.25) is 0 Å². The summed E-state index contributed by atoms with van der Waals surface area (Å²) >= 11 is 0. The van der Waals surface area contributed by atoms with Crippen molar-refractivity contribution in [2.75, 3.05) is 24.2 Å². The number of benzene rings is 1. The van der Waals surface area contributed by atoms with Crippen LogP contribution in [0.5, 0.6) is 0 Å². The van der Waals surface area contributed by atoms with Crippen molar-refractivity contribution in [3.05, 3.63) is 23.8 Å². The van der Waals surface area contributed by atoms with Crippen LogP contribution in [0.3, 0.4) is 0 Å². The second-order valence-electron chi connectivity index (χ2n) is 5.20. The first-order valence-electron chi connectivity index (χ1n) is 6.53. The van der Waals surface area contributed by atoms with E-state index in [1.807, 2.05) is 0 Å². The molecule has 2 rings (SSSR count). The van der Waals surface area contributed by atoms with Crippen LogP contribution in [-0.2, 0) is 9.84 Å². The van der Waals surface area contributed by atoms with E-state index in [-0.39, 0.29) is 17.2 Å². The molecule has 0 amide bonds. The Morgan fingerprint density at radius 1 is 1.40 bits per heavy atom. The summed E-state index contributed by atoms with van der Waals surface area (Å²) in [6.07, 6.45) is 1.33. The van der Waals surface area contributed by atoms with Gasteiger partial charge in [-0.25, -0.2) is 12.8 Å². The standard InChI is InChI=1S/C14H18FNO3S/c1-10(17)11-5-6-14(20(2,18)19)13(8-11)16-7-3-4-12(15)9-16/h5-6,8,12H,3-4,7,9H2,1-2H3. The molecule has 1 heterocycles. The molecule has 0 N–H and O–H groups in total. The fraction of sp³-hybridized carbons (Fsp3) is 0.500. The molecule has 0 bridgehead atoms. The first kappa shape index (κ1) is 15.0. The van der Waals surface area contributed by atoms with E-state index in [2.05, 4.69) is 0 Å². The molecule has 110 valence electrons. The molecule has 0 radical (unpaired) electrons. The number of hydrogen-bond acceptors (Lipinski definition) is 4. The van der Waals surface area contributed by atoms with Crippen LogP contribution in [-0.4, -0.2) is 39.7 Å². The molecule has 6 heteroatoms. The molecule has 1 saturated heterocycles. The van der Waals surface area contributed by atoms with Gasteiger partial charge in [-0.3, -0.25) is 4.79 Å². The van der Waals surface area contributed by atoms with Gasteiger partial charge >= 0.3 is 0 Å². The summed E-state index contributed by atoms with van der Waals surface area (Å²) in [6, 6.07) is 4.49. The number of hydrogen-bond donors (Lipinski definition) is 0. The molecule has 1 unspecified atom stereocenters. The van der Waals surface area contributed by atoms with E-state index in [0.29, 0.717) is 30.6 Å². The van der Waals surface area contributed by atoms with E-state index < -0.39 is 16.0 Å². The smallest absolute Gasteiger partial charge is 0.177 e. The van der Waals surface area contributed by atoms with Crippen LogP contribution in [0.15, 0.2) is 23.1 Å². The van der Waals surface area contributed by atoms with Gasteiger partial charge in [0, 0.05) is 24.9 Å². The van der Waals surface area contributed by atoms with Crippen LogP contribution in [0.2, 0.25) is 0 Å². The van der Waals surface area contributed by atoms with Crippen LogP contribution >= 0.6 is 0 Å². The van der Waals surface area contributed by atoms with Crippen molar-refractivity contribution >= 4 is 21.3 Å². The number of piperidine rings is 1. The Bertz CT molecular complexity index is 627. The van der Waals surface area contributed by atoms with Gasteiger partial charge in [-0.15, -0.1) is 0 Å². The highest BCUT2D eigenvalue weighted by Gasteiger charge is 2.24. The van der Waals surface area contributed by atoms with Gasteiger partial charge in [0.15, 0.2) is 15.6 Å².